The van der Waals surface area contributed by atoms with Crippen LogP contribution in [0.25, 0.3) is 0 Å². The minimum absolute atomic E-state index is 0.0478. The number of hydrogen-bond donors (Lipinski definition) is 0. The number of carbonyl (C=O) groups excluding carboxylic acids is 1. The first-order chi connectivity index (χ1) is 9.82. The van der Waals surface area contributed by atoms with Crippen molar-refractivity contribution in [2.45, 2.75) is 32.4 Å². The quantitative estimate of drug-likeness (QED) is 0.807. The van der Waals surface area contributed by atoms with E-state index >= 15 is 0 Å². The van der Waals surface area contributed by atoms with Crippen LogP contribution < -0.4 is 5.69 Å². The van der Waals surface area contributed by atoms with Gasteiger partial charge >= 0.3 is 5.69 Å². The summed E-state index contributed by atoms with van der Waals surface area (Å²) in [5, 5.41) is 0. The van der Waals surface area contributed by atoms with Crippen LogP contribution in [0.1, 0.15) is 20.3 Å². The van der Waals surface area contributed by atoms with Crippen LogP contribution in [0.3, 0.4) is 0 Å². The summed E-state index contributed by atoms with van der Waals surface area (Å²) in [4.78, 5) is 31.5. The first-order valence-corrected chi connectivity index (χ1v) is 7.29. The van der Waals surface area contributed by atoms with Gasteiger partial charge in [0, 0.05) is 31.5 Å². The summed E-state index contributed by atoms with van der Waals surface area (Å²) in [5.41, 5.74) is -0.292. The fraction of sp³-hybridized carbons (Fsp3) is 0.667. The first kappa shape index (κ1) is 15.7. The molecule has 0 spiro atoms. The van der Waals surface area contributed by atoms with Crippen LogP contribution in [0.4, 0.5) is 0 Å². The van der Waals surface area contributed by atoms with E-state index in [4.69, 9.17) is 0 Å². The molecule has 1 aromatic heterocycles. The Morgan fingerprint density at radius 3 is 2.81 bits per heavy atom. The van der Waals surface area contributed by atoms with Crippen molar-refractivity contribution in [2.24, 2.45) is 5.92 Å². The number of carbonyl (C=O) groups is 1. The second-order valence-corrected chi connectivity index (χ2v) is 6.37. The van der Waals surface area contributed by atoms with Crippen molar-refractivity contribution in [1.82, 2.24) is 19.4 Å². The molecule has 1 aromatic rings. The Morgan fingerprint density at radius 1 is 1.52 bits per heavy atom. The van der Waals surface area contributed by atoms with Gasteiger partial charge in [-0.1, -0.05) is 0 Å². The third kappa shape index (κ3) is 3.32. The largest absolute Gasteiger partial charge is 0.347 e. The summed E-state index contributed by atoms with van der Waals surface area (Å²) in [6.45, 7) is 6.25. The topological polar surface area (TPSA) is 58.4 Å². The predicted molar refractivity (Wildman–Crippen MR) is 81.0 cm³/mol. The molecule has 0 N–H and O–H groups in total. The van der Waals surface area contributed by atoms with Gasteiger partial charge < -0.3 is 9.80 Å². The number of nitrogens with zero attached hydrogens (tertiary/aromatic N) is 4. The summed E-state index contributed by atoms with van der Waals surface area (Å²) in [5.74, 6) is 0.387. The molecule has 6 nitrogen and oxygen atoms in total. The van der Waals surface area contributed by atoms with Crippen molar-refractivity contribution in [3.8, 4) is 0 Å². The molecule has 1 aliphatic rings. The Balaban J connectivity index is 1.98. The van der Waals surface area contributed by atoms with Crippen molar-refractivity contribution < 1.29 is 4.79 Å². The van der Waals surface area contributed by atoms with Gasteiger partial charge in [0.1, 0.15) is 6.54 Å². The van der Waals surface area contributed by atoms with Gasteiger partial charge in [-0.15, -0.1) is 0 Å². The molecule has 1 unspecified atom stereocenters. The minimum Gasteiger partial charge on any atom is -0.344 e. The second kappa shape index (κ2) is 5.97. The lowest BCUT2D eigenvalue weighted by atomic mass is 9.88. The molecule has 1 atom stereocenters. The van der Waals surface area contributed by atoms with Gasteiger partial charge in [-0.25, -0.2) is 9.78 Å². The average molecular weight is 292 g/mol. The van der Waals surface area contributed by atoms with E-state index in [1.165, 1.54) is 10.8 Å². The van der Waals surface area contributed by atoms with E-state index in [2.05, 4.69) is 30.8 Å². The molecule has 0 aromatic carbocycles. The van der Waals surface area contributed by atoms with E-state index in [0.29, 0.717) is 12.5 Å². The van der Waals surface area contributed by atoms with Gasteiger partial charge in [-0.05, 0) is 45.8 Å². The highest BCUT2D eigenvalue weighted by molar-refractivity contribution is 5.75. The van der Waals surface area contributed by atoms with E-state index in [1.807, 2.05) is 0 Å². The molecule has 2 heterocycles. The zero-order chi connectivity index (χ0) is 15.6. The molecule has 2 rings (SSSR count). The highest BCUT2D eigenvalue weighted by Gasteiger charge is 2.39. The third-order valence-electron chi connectivity index (χ3n) is 4.80. The van der Waals surface area contributed by atoms with Gasteiger partial charge in [-0.2, -0.15) is 0 Å². The summed E-state index contributed by atoms with van der Waals surface area (Å²) >= 11 is 0. The maximum Gasteiger partial charge on any atom is 0.347 e. The van der Waals surface area contributed by atoms with Crippen molar-refractivity contribution in [3.05, 3.63) is 28.9 Å². The second-order valence-electron chi connectivity index (χ2n) is 6.37. The van der Waals surface area contributed by atoms with E-state index in [9.17, 15) is 9.59 Å². The van der Waals surface area contributed by atoms with Crippen molar-refractivity contribution >= 4 is 5.91 Å². The normalized spacial score (nSPS) is 21.4. The molecular weight excluding hydrogens is 268 g/mol. The molecule has 0 aliphatic carbocycles. The number of likely N-dealkylation sites (tertiary alicyclic amines) is 1. The summed E-state index contributed by atoms with van der Waals surface area (Å²) in [6.07, 6.45) is 4.12. The predicted octanol–water partition coefficient (Wildman–Crippen LogP) is 0.432. The molecular formula is C15H24N4O2. The van der Waals surface area contributed by atoms with Crippen LogP contribution in [0, 0.1) is 5.92 Å². The molecule has 0 bridgehead atoms. The van der Waals surface area contributed by atoms with Crippen LogP contribution in [0.5, 0.6) is 0 Å². The van der Waals surface area contributed by atoms with Crippen molar-refractivity contribution in [3.63, 3.8) is 0 Å². The monoisotopic (exact) mass is 292 g/mol. The van der Waals surface area contributed by atoms with Crippen LogP contribution in [-0.2, 0) is 11.3 Å². The van der Waals surface area contributed by atoms with E-state index in [1.54, 1.807) is 24.2 Å². The highest BCUT2D eigenvalue weighted by atomic mass is 16.2. The molecule has 0 radical (unpaired) electrons. The van der Waals surface area contributed by atoms with Crippen LogP contribution >= 0.6 is 0 Å². The maximum atomic E-state index is 12.3. The molecule has 6 heteroatoms. The lowest BCUT2D eigenvalue weighted by Gasteiger charge is -2.35. The zero-order valence-corrected chi connectivity index (χ0v) is 13.2. The van der Waals surface area contributed by atoms with E-state index < -0.39 is 0 Å². The molecule has 1 amide bonds. The SMILES string of the molecule is CN(CC1CCN(C)C1(C)C)C(=O)Cn1cccnc1=O. The molecule has 1 saturated heterocycles. The van der Waals surface area contributed by atoms with Gasteiger partial charge in [0.25, 0.3) is 0 Å². The molecule has 1 aliphatic heterocycles. The van der Waals surface area contributed by atoms with Crippen LogP contribution in [0.15, 0.2) is 23.3 Å². The van der Waals surface area contributed by atoms with Gasteiger partial charge in [0.2, 0.25) is 5.91 Å². The Bertz CT molecular complexity index is 567. The molecule has 116 valence electrons. The smallest absolute Gasteiger partial charge is 0.344 e. The van der Waals surface area contributed by atoms with E-state index in [0.717, 1.165) is 13.0 Å². The fourth-order valence-electron chi connectivity index (χ4n) is 2.82. The summed E-state index contributed by atoms with van der Waals surface area (Å²) in [6, 6.07) is 1.66. The van der Waals surface area contributed by atoms with Crippen molar-refractivity contribution in [1.29, 1.82) is 0 Å². The Labute approximate surface area is 125 Å². The third-order valence-corrected chi connectivity index (χ3v) is 4.80. The van der Waals surface area contributed by atoms with Gasteiger partial charge in [0.15, 0.2) is 0 Å². The lowest BCUT2D eigenvalue weighted by Crippen LogP contribution is -2.45. The number of rotatable bonds is 4. The first-order valence-electron chi connectivity index (χ1n) is 7.29. The molecule has 0 saturated carbocycles. The number of aromatic nitrogens is 2. The number of amides is 1. The number of likely N-dealkylation sites (N-methyl/N-ethyl adjacent to an activating group) is 1. The molecule has 21 heavy (non-hydrogen) atoms. The van der Waals surface area contributed by atoms with Crippen LogP contribution in [0.2, 0.25) is 0 Å². The Morgan fingerprint density at radius 2 is 2.24 bits per heavy atom. The van der Waals surface area contributed by atoms with Gasteiger partial charge in [0.05, 0.1) is 0 Å². The van der Waals surface area contributed by atoms with Gasteiger partial charge in [-0.3, -0.25) is 9.36 Å². The Hall–Kier alpha value is -1.69. The zero-order valence-electron chi connectivity index (χ0n) is 13.2. The fourth-order valence-corrected chi connectivity index (χ4v) is 2.82. The Kier molecular flexibility index (Phi) is 4.46. The highest BCUT2D eigenvalue weighted by Crippen LogP contribution is 2.33. The van der Waals surface area contributed by atoms with Crippen molar-refractivity contribution in [2.75, 3.05) is 27.2 Å². The maximum absolute atomic E-state index is 12.3. The standard InChI is InChI=1S/C15H24N4O2/c1-15(2)12(6-9-18(15)4)10-17(3)13(20)11-19-8-5-7-16-14(19)21/h5,7-8,12H,6,9-11H2,1-4H3. The lowest BCUT2D eigenvalue weighted by molar-refractivity contribution is -0.131. The van der Waals surface area contributed by atoms with Crippen LogP contribution in [-0.4, -0.2) is 58.0 Å². The summed E-state index contributed by atoms with van der Waals surface area (Å²) < 4.78 is 1.34. The molecule has 1 fully saturated rings. The number of hydrogen-bond acceptors (Lipinski definition) is 4. The summed E-state index contributed by atoms with van der Waals surface area (Å²) in [7, 11) is 3.93. The average Bonchev–Trinajstić information content (AvgIpc) is 2.68. The minimum atomic E-state index is -0.389. The van der Waals surface area contributed by atoms with E-state index in [-0.39, 0.29) is 23.7 Å².